The number of amides is 1. The van der Waals surface area contributed by atoms with Gasteiger partial charge < -0.3 is 15.0 Å². The van der Waals surface area contributed by atoms with Crippen LogP contribution in [0.1, 0.15) is 42.9 Å². The van der Waals surface area contributed by atoms with E-state index in [9.17, 15) is 4.79 Å². The zero-order chi connectivity index (χ0) is 15.4. The van der Waals surface area contributed by atoms with E-state index in [1.165, 1.54) is 11.1 Å². The van der Waals surface area contributed by atoms with E-state index in [4.69, 9.17) is 4.74 Å². The van der Waals surface area contributed by atoms with Crippen LogP contribution in [0.2, 0.25) is 0 Å². The average molecular weight is 302 g/mol. The van der Waals surface area contributed by atoms with E-state index in [2.05, 4.69) is 36.5 Å². The molecule has 1 unspecified atom stereocenters. The Balaban J connectivity index is 1.60. The van der Waals surface area contributed by atoms with Gasteiger partial charge in [0.15, 0.2) is 0 Å². The second kappa shape index (κ2) is 7.25. The van der Waals surface area contributed by atoms with Gasteiger partial charge in [-0.15, -0.1) is 0 Å². The SMILES string of the molecule is Cc1ccccc1C1CCCN1C(=O)COC1CCNCC1. The van der Waals surface area contributed by atoms with Crippen LogP contribution in [-0.2, 0) is 9.53 Å². The summed E-state index contributed by atoms with van der Waals surface area (Å²) in [5.74, 6) is 0.143. The topological polar surface area (TPSA) is 41.6 Å². The van der Waals surface area contributed by atoms with Gasteiger partial charge >= 0.3 is 0 Å². The number of carbonyl (C=O) groups is 1. The monoisotopic (exact) mass is 302 g/mol. The highest BCUT2D eigenvalue weighted by Crippen LogP contribution is 2.33. The molecule has 0 bridgehead atoms. The van der Waals surface area contributed by atoms with Crippen molar-refractivity contribution in [1.82, 2.24) is 10.2 Å². The third-order valence-electron chi connectivity index (χ3n) is 4.85. The molecule has 2 aliphatic rings. The molecule has 0 aliphatic carbocycles. The number of nitrogens with zero attached hydrogens (tertiary/aromatic N) is 1. The number of aryl methyl sites for hydroxylation is 1. The number of rotatable bonds is 4. The van der Waals surface area contributed by atoms with Crippen LogP contribution in [0.3, 0.4) is 0 Å². The summed E-state index contributed by atoms with van der Waals surface area (Å²) in [6, 6.07) is 8.63. The molecule has 0 spiro atoms. The van der Waals surface area contributed by atoms with Crippen LogP contribution in [0.25, 0.3) is 0 Å². The molecule has 1 aromatic rings. The van der Waals surface area contributed by atoms with Crippen LogP contribution in [0.15, 0.2) is 24.3 Å². The molecule has 1 N–H and O–H groups in total. The highest BCUT2D eigenvalue weighted by Gasteiger charge is 2.31. The maximum atomic E-state index is 12.6. The Kier molecular flexibility index (Phi) is 5.11. The fourth-order valence-corrected chi connectivity index (χ4v) is 3.58. The molecule has 22 heavy (non-hydrogen) atoms. The second-order valence-corrected chi connectivity index (χ2v) is 6.36. The zero-order valence-corrected chi connectivity index (χ0v) is 13.4. The van der Waals surface area contributed by atoms with Gasteiger partial charge in [0.1, 0.15) is 6.61 Å². The molecule has 0 saturated carbocycles. The molecule has 4 heteroatoms. The lowest BCUT2D eigenvalue weighted by atomic mass is 9.99. The molecule has 4 nitrogen and oxygen atoms in total. The zero-order valence-electron chi connectivity index (χ0n) is 13.4. The van der Waals surface area contributed by atoms with Crippen molar-refractivity contribution >= 4 is 5.91 Å². The Labute approximate surface area is 132 Å². The standard InChI is InChI=1S/C18H26N2O2/c1-14-5-2-3-6-16(14)17-7-4-12-20(17)18(21)13-22-15-8-10-19-11-9-15/h2-3,5-6,15,17,19H,4,7-13H2,1H3. The van der Waals surface area contributed by atoms with E-state index in [0.717, 1.165) is 45.3 Å². The number of ether oxygens (including phenoxy) is 1. The lowest BCUT2D eigenvalue weighted by molar-refractivity contribution is -0.139. The van der Waals surface area contributed by atoms with Crippen LogP contribution in [0, 0.1) is 6.92 Å². The molecule has 1 atom stereocenters. The number of hydrogen-bond acceptors (Lipinski definition) is 3. The van der Waals surface area contributed by atoms with E-state index in [-0.39, 0.29) is 24.7 Å². The Morgan fingerprint density at radius 3 is 2.82 bits per heavy atom. The van der Waals surface area contributed by atoms with Gasteiger partial charge in [0.25, 0.3) is 0 Å². The Morgan fingerprint density at radius 2 is 2.05 bits per heavy atom. The van der Waals surface area contributed by atoms with E-state index in [1.807, 2.05) is 4.90 Å². The average Bonchev–Trinajstić information content (AvgIpc) is 3.03. The predicted octanol–water partition coefficient (Wildman–Crippen LogP) is 2.43. The molecule has 120 valence electrons. The molecule has 3 rings (SSSR count). The highest BCUT2D eigenvalue weighted by molar-refractivity contribution is 5.78. The molecule has 2 fully saturated rings. The van der Waals surface area contributed by atoms with E-state index < -0.39 is 0 Å². The van der Waals surface area contributed by atoms with Gasteiger partial charge in [-0.25, -0.2) is 0 Å². The van der Waals surface area contributed by atoms with Gasteiger partial charge in [0.05, 0.1) is 12.1 Å². The van der Waals surface area contributed by atoms with Gasteiger partial charge in [-0.05, 0) is 56.8 Å². The minimum Gasteiger partial charge on any atom is -0.368 e. The Hall–Kier alpha value is -1.39. The van der Waals surface area contributed by atoms with E-state index in [1.54, 1.807) is 0 Å². The fourth-order valence-electron chi connectivity index (χ4n) is 3.58. The Morgan fingerprint density at radius 1 is 1.27 bits per heavy atom. The maximum Gasteiger partial charge on any atom is 0.249 e. The van der Waals surface area contributed by atoms with Crippen LogP contribution < -0.4 is 5.32 Å². The number of benzene rings is 1. The lowest BCUT2D eigenvalue weighted by Gasteiger charge is -2.28. The highest BCUT2D eigenvalue weighted by atomic mass is 16.5. The number of nitrogens with one attached hydrogen (secondary N) is 1. The van der Waals surface area contributed by atoms with Gasteiger partial charge in [0, 0.05) is 6.54 Å². The molecule has 2 aliphatic heterocycles. The molecule has 2 saturated heterocycles. The van der Waals surface area contributed by atoms with E-state index in [0.29, 0.717) is 0 Å². The van der Waals surface area contributed by atoms with Crippen molar-refractivity contribution in [2.75, 3.05) is 26.2 Å². The quantitative estimate of drug-likeness (QED) is 0.929. The predicted molar refractivity (Wildman–Crippen MR) is 86.7 cm³/mol. The molecule has 1 amide bonds. The minimum atomic E-state index is 0.143. The lowest BCUT2D eigenvalue weighted by Crippen LogP contribution is -2.37. The third kappa shape index (κ3) is 3.50. The van der Waals surface area contributed by atoms with Crippen molar-refractivity contribution in [2.45, 2.75) is 44.8 Å². The van der Waals surface area contributed by atoms with Crippen molar-refractivity contribution in [3.8, 4) is 0 Å². The maximum absolute atomic E-state index is 12.6. The summed E-state index contributed by atoms with van der Waals surface area (Å²) in [5.41, 5.74) is 2.56. The second-order valence-electron chi connectivity index (χ2n) is 6.36. The minimum absolute atomic E-state index is 0.143. The van der Waals surface area contributed by atoms with Gasteiger partial charge in [0.2, 0.25) is 5.91 Å². The van der Waals surface area contributed by atoms with Crippen molar-refractivity contribution in [3.05, 3.63) is 35.4 Å². The van der Waals surface area contributed by atoms with Crippen molar-refractivity contribution < 1.29 is 9.53 Å². The van der Waals surface area contributed by atoms with Crippen LogP contribution >= 0.6 is 0 Å². The number of piperidine rings is 1. The van der Waals surface area contributed by atoms with E-state index >= 15 is 0 Å². The Bertz CT molecular complexity index is 512. The number of likely N-dealkylation sites (tertiary alicyclic amines) is 1. The first-order valence-corrected chi connectivity index (χ1v) is 8.43. The molecular weight excluding hydrogens is 276 g/mol. The normalized spacial score (nSPS) is 23.0. The van der Waals surface area contributed by atoms with Gasteiger partial charge in [-0.1, -0.05) is 24.3 Å². The molecule has 0 aromatic heterocycles. The van der Waals surface area contributed by atoms with Crippen molar-refractivity contribution in [3.63, 3.8) is 0 Å². The number of carbonyl (C=O) groups excluding carboxylic acids is 1. The summed E-state index contributed by atoms with van der Waals surface area (Å²) >= 11 is 0. The van der Waals surface area contributed by atoms with Crippen molar-refractivity contribution in [2.24, 2.45) is 0 Å². The van der Waals surface area contributed by atoms with Crippen LogP contribution in [-0.4, -0.2) is 43.2 Å². The molecular formula is C18H26N2O2. The summed E-state index contributed by atoms with van der Waals surface area (Å²) < 4.78 is 5.84. The largest absolute Gasteiger partial charge is 0.368 e. The third-order valence-corrected chi connectivity index (χ3v) is 4.85. The molecule has 2 heterocycles. The number of hydrogen-bond donors (Lipinski definition) is 1. The molecule has 0 radical (unpaired) electrons. The van der Waals surface area contributed by atoms with Crippen molar-refractivity contribution in [1.29, 1.82) is 0 Å². The fraction of sp³-hybridized carbons (Fsp3) is 0.611. The van der Waals surface area contributed by atoms with Gasteiger partial charge in [-0.3, -0.25) is 4.79 Å². The first kappa shape index (κ1) is 15.5. The van der Waals surface area contributed by atoms with Gasteiger partial charge in [-0.2, -0.15) is 0 Å². The summed E-state index contributed by atoms with van der Waals surface area (Å²) in [5, 5.41) is 3.32. The van der Waals surface area contributed by atoms with Crippen LogP contribution in [0.5, 0.6) is 0 Å². The van der Waals surface area contributed by atoms with Crippen LogP contribution in [0.4, 0.5) is 0 Å². The summed E-state index contributed by atoms with van der Waals surface area (Å²) in [6.07, 6.45) is 4.40. The summed E-state index contributed by atoms with van der Waals surface area (Å²) in [4.78, 5) is 14.6. The summed E-state index contributed by atoms with van der Waals surface area (Å²) in [7, 11) is 0. The smallest absolute Gasteiger partial charge is 0.249 e. The summed E-state index contributed by atoms with van der Waals surface area (Å²) in [6.45, 7) is 5.20. The first-order chi connectivity index (χ1) is 10.8. The first-order valence-electron chi connectivity index (χ1n) is 8.43. The molecule has 1 aromatic carbocycles.